The summed E-state index contributed by atoms with van der Waals surface area (Å²) in [7, 11) is -2.07. The molecule has 0 radical (unpaired) electrons. The normalized spacial score (nSPS) is 15.8. The molecule has 6 nitrogen and oxygen atoms in total. The van der Waals surface area contributed by atoms with Crippen molar-refractivity contribution in [1.82, 2.24) is 10.2 Å². The molecular formula is C19H22N2O4S. The van der Waals surface area contributed by atoms with Crippen molar-refractivity contribution >= 4 is 32.4 Å². The molecule has 1 N–H and O–H groups in total. The Hall–Kier alpha value is -2.41. The van der Waals surface area contributed by atoms with Crippen molar-refractivity contribution in [2.24, 2.45) is 0 Å². The lowest BCUT2D eigenvalue weighted by molar-refractivity contribution is -0.118. The van der Waals surface area contributed by atoms with Gasteiger partial charge >= 0.3 is 0 Å². The van der Waals surface area contributed by atoms with Crippen LogP contribution in [0.5, 0.6) is 0 Å². The summed E-state index contributed by atoms with van der Waals surface area (Å²) in [6.07, 6.45) is 0.714. The number of carbonyl (C=O) groups is 2. The molecule has 138 valence electrons. The van der Waals surface area contributed by atoms with Crippen molar-refractivity contribution in [2.45, 2.75) is 18.1 Å². The van der Waals surface area contributed by atoms with Crippen LogP contribution in [0.25, 0.3) is 10.8 Å². The molecule has 2 aromatic rings. The molecule has 1 heterocycles. The number of nitrogens with one attached hydrogen (secondary N) is 1. The number of fused-ring (bicyclic) bond motifs is 1. The van der Waals surface area contributed by atoms with Crippen LogP contribution >= 0.6 is 0 Å². The van der Waals surface area contributed by atoms with Gasteiger partial charge < -0.3 is 10.2 Å². The Morgan fingerprint density at radius 2 is 1.73 bits per heavy atom. The van der Waals surface area contributed by atoms with Crippen LogP contribution in [0.2, 0.25) is 0 Å². The number of hydrogen-bond donors (Lipinski definition) is 1. The predicted molar refractivity (Wildman–Crippen MR) is 101 cm³/mol. The first-order valence-electron chi connectivity index (χ1n) is 8.61. The lowest BCUT2D eigenvalue weighted by Crippen LogP contribution is -2.44. The zero-order valence-electron chi connectivity index (χ0n) is 14.6. The van der Waals surface area contributed by atoms with Crippen LogP contribution in [0, 0.1) is 0 Å². The number of rotatable bonds is 4. The summed E-state index contributed by atoms with van der Waals surface area (Å²) in [5.74, 6) is -1.07. The minimum absolute atomic E-state index is 0.0797. The largest absolute Gasteiger partial charge is 0.358 e. The van der Waals surface area contributed by atoms with Crippen LogP contribution in [-0.4, -0.2) is 56.3 Å². The highest BCUT2D eigenvalue weighted by molar-refractivity contribution is 7.92. The fourth-order valence-corrected chi connectivity index (χ4v) is 5.05. The molecule has 0 bridgehead atoms. The van der Waals surface area contributed by atoms with Crippen molar-refractivity contribution < 1.29 is 18.0 Å². The third-order valence-corrected chi connectivity index (χ3v) is 7.02. The quantitative estimate of drug-likeness (QED) is 0.881. The zero-order valence-corrected chi connectivity index (χ0v) is 15.5. The minimum atomic E-state index is -3.49. The maximum Gasteiger partial charge on any atom is 0.254 e. The molecule has 3 rings (SSSR count). The molecule has 0 aromatic heterocycles. The van der Waals surface area contributed by atoms with Gasteiger partial charge in [-0.2, -0.15) is 0 Å². The molecule has 1 fully saturated rings. The molecule has 0 saturated carbocycles. The lowest BCUT2D eigenvalue weighted by atomic mass is 10.0. The molecular weight excluding hydrogens is 352 g/mol. The Kier molecular flexibility index (Phi) is 5.27. The number of benzene rings is 2. The lowest BCUT2D eigenvalue weighted by Gasteiger charge is -2.32. The molecule has 0 atom stereocenters. The van der Waals surface area contributed by atoms with Gasteiger partial charge in [0.15, 0.2) is 9.84 Å². The average molecular weight is 374 g/mol. The molecule has 1 saturated heterocycles. The fourth-order valence-electron chi connectivity index (χ4n) is 3.37. The summed E-state index contributed by atoms with van der Waals surface area (Å²) in [6, 6.07) is 13.3. The standard InChI is InChI=1S/C19H22N2O4S/c1-20-18(22)13-26(24,25)15-9-11-21(12-10-15)19(23)17-8-4-6-14-5-2-3-7-16(14)17/h2-8,15H,9-13H2,1H3,(H,20,22). The molecule has 0 aliphatic carbocycles. The van der Waals surface area contributed by atoms with E-state index < -0.39 is 26.7 Å². The number of carbonyl (C=O) groups excluding carboxylic acids is 2. The van der Waals surface area contributed by atoms with Gasteiger partial charge in [-0.25, -0.2) is 8.42 Å². The predicted octanol–water partition coefficient (Wildman–Crippen LogP) is 1.61. The Morgan fingerprint density at radius 1 is 1.08 bits per heavy atom. The highest BCUT2D eigenvalue weighted by Gasteiger charge is 2.33. The minimum Gasteiger partial charge on any atom is -0.358 e. The van der Waals surface area contributed by atoms with Gasteiger partial charge in [0.2, 0.25) is 5.91 Å². The summed E-state index contributed by atoms with van der Waals surface area (Å²) >= 11 is 0. The van der Waals surface area contributed by atoms with E-state index in [0.717, 1.165) is 10.8 Å². The molecule has 7 heteroatoms. The zero-order chi connectivity index (χ0) is 18.7. The van der Waals surface area contributed by atoms with Crippen LogP contribution in [0.4, 0.5) is 0 Å². The molecule has 0 spiro atoms. The van der Waals surface area contributed by atoms with Crippen molar-refractivity contribution in [3.63, 3.8) is 0 Å². The van der Waals surface area contributed by atoms with E-state index in [0.29, 0.717) is 31.5 Å². The van der Waals surface area contributed by atoms with Crippen LogP contribution in [0.1, 0.15) is 23.2 Å². The molecule has 1 aliphatic heterocycles. The summed E-state index contributed by atoms with van der Waals surface area (Å²) in [5.41, 5.74) is 0.634. The van der Waals surface area contributed by atoms with Crippen molar-refractivity contribution in [3.05, 3.63) is 48.0 Å². The van der Waals surface area contributed by atoms with Gasteiger partial charge in [-0.15, -0.1) is 0 Å². The number of hydrogen-bond acceptors (Lipinski definition) is 4. The van der Waals surface area contributed by atoms with Crippen molar-refractivity contribution in [2.75, 3.05) is 25.9 Å². The Balaban J connectivity index is 1.72. The molecule has 2 amide bonds. The summed E-state index contributed by atoms with van der Waals surface area (Å²) in [6.45, 7) is 0.749. The first kappa shape index (κ1) is 18.4. The molecule has 1 aliphatic rings. The second-order valence-corrected chi connectivity index (χ2v) is 8.78. The number of sulfone groups is 1. The van der Waals surface area contributed by atoms with E-state index in [4.69, 9.17) is 0 Å². The third kappa shape index (κ3) is 3.72. The van der Waals surface area contributed by atoms with E-state index in [1.165, 1.54) is 7.05 Å². The summed E-state index contributed by atoms with van der Waals surface area (Å²) < 4.78 is 24.6. The van der Waals surface area contributed by atoms with Gasteiger partial charge in [0.05, 0.1) is 5.25 Å². The van der Waals surface area contributed by atoms with Crippen LogP contribution in [-0.2, 0) is 14.6 Å². The molecule has 2 aromatic carbocycles. The molecule has 0 unspecified atom stereocenters. The second kappa shape index (κ2) is 7.45. The van der Waals surface area contributed by atoms with Crippen molar-refractivity contribution in [3.8, 4) is 0 Å². The number of amides is 2. The first-order valence-corrected chi connectivity index (χ1v) is 10.3. The highest BCUT2D eigenvalue weighted by Crippen LogP contribution is 2.24. The van der Waals surface area contributed by atoms with E-state index in [1.807, 2.05) is 36.4 Å². The van der Waals surface area contributed by atoms with Gasteiger partial charge in [0, 0.05) is 25.7 Å². The number of piperidine rings is 1. The highest BCUT2D eigenvalue weighted by atomic mass is 32.2. The number of nitrogens with zero attached hydrogens (tertiary/aromatic N) is 1. The first-order chi connectivity index (χ1) is 12.4. The van der Waals surface area contributed by atoms with E-state index >= 15 is 0 Å². The number of likely N-dealkylation sites (tertiary alicyclic amines) is 1. The van der Waals surface area contributed by atoms with Gasteiger partial charge in [-0.05, 0) is 29.7 Å². The van der Waals surface area contributed by atoms with Gasteiger partial charge in [-0.3, -0.25) is 9.59 Å². The van der Waals surface area contributed by atoms with Crippen LogP contribution < -0.4 is 5.32 Å². The summed E-state index contributed by atoms with van der Waals surface area (Å²) in [4.78, 5) is 26.0. The Bertz CT molecular complexity index is 926. The van der Waals surface area contributed by atoms with Crippen LogP contribution in [0.15, 0.2) is 42.5 Å². The van der Waals surface area contributed by atoms with Gasteiger partial charge in [0.1, 0.15) is 5.75 Å². The topological polar surface area (TPSA) is 83.6 Å². The van der Waals surface area contributed by atoms with E-state index in [-0.39, 0.29) is 5.91 Å². The second-order valence-electron chi connectivity index (χ2n) is 6.50. The summed E-state index contributed by atoms with van der Waals surface area (Å²) in [5, 5.41) is 3.67. The van der Waals surface area contributed by atoms with E-state index in [1.54, 1.807) is 11.0 Å². The van der Waals surface area contributed by atoms with Crippen LogP contribution in [0.3, 0.4) is 0 Å². The molecule has 26 heavy (non-hydrogen) atoms. The average Bonchev–Trinajstić information content (AvgIpc) is 2.66. The SMILES string of the molecule is CNC(=O)CS(=O)(=O)C1CCN(C(=O)c2cccc3ccccc23)CC1. The fraction of sp³-hybridized carbons (Fsp3) is 0.368. The smallest absolute Gasteiger partial charge is 0.254 e. The van der Waals surface area contributed by atoms with Gasteiger partial charge in [-0.1, -0.05) is 36.4 Å². The van der Waals surface area contributed by atoms with E-state index in [2.05, 4.69) is 5.32 Å². The van der Waals surface area contributed by atoms with E-state index in [9.17, 15) is 18.0 Å². The Labute approximate surface area is 153 Å². The maximum absolute atomic E-state index is 12.9. The maximum atomic E-state index is 12.9. The third-order valence-electron chi connectivity index (χ3n) is 4.87. The van der Waals surface area contributed by atoms with Gasteiger partial charge in [0.25, 0.3) is 5.91 Å². The Morgan fingerprint density at radius 3 is 2.42 bits per heavy atom. The monoisotopic (exact) mass is 374 g/mol. The van der Waals surface area contributed by atoms with Crippen molar-refractivity contribution in [1.29, 1.82) is 0 Å².